The molecule has 2 heterocycles. The number of hydrogen-bond acceptors (Lipinski definition) is 5. The molecule has 174 valence electrons. The lowest BCUT2D eigenvalue weighted by Gasteiger charge is -2.27. The molecule has 0 radical (unpaired) electrons. The lowest BCUT2D eigenvalue weighted by atomic mass is 9.90. The van der Waals surface area contributed by atoms with Gasteiger partial charge in [0.05, 0.1) is 24.1 Å². The van der Waals surface area contributed by atoms with Crippen LogP contribution in [0.4, 0.5) is 8.78 Å². The van der Waals surface area contributed by atoms with Gasteiger partial charge in [-0.25, -0.2) is 8.78 Å². The second-order valence-corrected chi connectivity index (χ2v) is 9.17. The highest BCUT2D eigenvalue weighted by Crippen LogP contribution is 2.64. The number of hydrogen-bond donors (Lipinski definition) is 3. The van der Waals surface area contributed by atoms with E-state index in [1.807, 2.05) is 30.3 Å². The van der Waals surface area contributed by atoms with Crippen LogP contribution in [0.2, 0.25) is 0 Å². The first kappa shape index (κ1) is 22.8. The molecule has 2 amide bonds. The molecule has 3 N–H and O–H groups in total. The van der Waals surface area contributed by atoms with Crippen LogP contribution in [-0.2, 0) is 25.7 Å². The van der Waals surface area contributed by atoms with Crippen LogP contribution in [0, 0.1) is 11.3 Å². The predicted octanol–water partition coefficient (Wildman–Crippen LogP) is 1.56. The number of nitrogens with one attached hydrogen (secondary N) is 3. The van der Waals surface area contributed by atoms with E-state index in [2.05, 4.69) is 16.0 Å². The summed E-state index contributed by atoms with van der Waals surface area (Å²) >= 11 is 0. The molecule has 9 heteroatoms. The van der Waals surface area contributed by atoms with Crippen LogP contribution in [0.1, 0.15) is 37.7 Å². The van der Waals surface area contributed by atoms with Crippen molar-refractivity contribution in [3.63, 3.8) is 0 Å². The van der Waals surface area contributed by atoms with Crippen molar-refractivity contribution in [1.29, 1.82) is 0 Å². The Balaban J connectivity index is 1.36. The fourth-order valence-electron chi connectivity index (χ4n) is 4.67. The van der Waals surface area contributed by atoms with Crippen molar-refractivity contribution in [1.82, 2.24) is 16.0 Å². The molecular formula is C23H29F2N3O4. The summed E-state index contributed by atoms with van der Waals surface area (Å²) in [5.41, 5.74) is -0.227. The normalized spacial score (nSPS) is 29.4. The summed E-state index contributed by atoms with van der Waals surface area (Å²) in [5.74, 6) is -4.08. The first-order valence-electron chi connectivity index (χ1n) is 11.1. The van der Waals surface area contributed by atoms with Crippen molar-refractivity contribution in [3.05, 3.63) is 35.9 Å². The van der Waals surface area contributed by atoms with Crippen molar-refractivity contribution >= 4 is 17.6 Å². The van der Waals surface area contributed by atoms with Gasteiger partial charge >= 0.3 is 0 Å². The van der Waals surface area contributed by atoms with Gasteiger partial charge in [0.2, 0.25) is 11.8 Å². The van der Waals surface area contributed by atoms with Gasteiger partial charge in [-0.1, -0.05) is 30.3 Å². The Morgan fingerprint density at radius 1 is 1.25 bits per heavy atom. The minimum atomic E-state index is -2.74. The van der Waals surface area contributed by atoms with Crippen molar-refractivity contribution < 1.29 is 27.9 Å². The average Bonchev–Trinajstić information content (AvgIpc) is 3.08. The average molecular weight is 449 g/mol. The van der Waals surface area contributed by atoms with E-state index in [0.29, 0.717) is 13.0 Å². The predicted molar refractivity (Wildman–Crippen MR) is 112 cm³/mol. The quantitative estimate of drug-likeness (QED) is 0.532. The zero-order valence-electron chi connectivity index (χ0n) is 17.9. The monoisotopic (exact) mass is 449 g/mol. The van der Waals surface area contributed by atoms with E-state index < -0.39 is 29.3 Å². The Kier molecular flexibility index (Phi) is 6.57. The van der Waals surface area contributed by atoms with E-state index in [1.165, 1.54) is 0 Å². The topological polar surface area (TPSA) is 96.5 Å². The molecule has 3 fully saturated rings. The minimum absolute atomic E-state index is 0.0428. The van der Waals surface area contributed by atoms with Gasteiger partial charge < -0.3 is 20.7 Å². The van der Waals surface area contributed by atoms with Gasteiger partial charge in [0.15, 0.2) is 5.78 Å². The van der Waals surface area contributed by atoms with Crippen LogP contribution in [0.25, 0.3) is 0 Å². The molecule has 0 aromatic heterocycles. The molecule has 0 unspecified atom stereocenters. The molecule has 32 heavy (non-hydrogen) atoms. The number of piperidine rings is 1. The third kappa shape index (κ3) is 4.99. The number of ether oxygens (including phenoxy) is 1. The molecule has 2 aliphatic heterocycles. The second kappa shape index (κ2) is 9.23. The highest BCUT2D eigenvalue weighted by Gasteiger charge is 2.73. The van der Waals surface area contributed by atoms with Gasteiger partial charge in [0.1, 0.15) is 6.61 Å². The number of Topliss-reactive ketones (excluding diaryl/α,β-unsaturated/α-hetero) is 1. The Morgan fingerprint density at radius 3 is 2.66 bits per heavy atom. The molecule has 3 aliphatic rings. The largest absolute Gasteiger partial charge is 0.369 e. The van der Waals surface area contributed by atoms with Gasteiger partial charge in [-0.05, 0) is 31.2 Å². The summed E-state index contributed by atoms with van der Waals surface area (Å²) < 4.78 is 32.9. The third-order valence-corrected chi connectivity index (χ3v) is 6.79. The molecule has 1 aromatic carbocycles. The summed E-state index contributed by atoms with van der Waals surface area (Å²) in [6, 6.07) is 7.70. The maximum Gasteiger partial charge on any atom is 0.255 e. The Hall–Kier alpha value is -2.39. The van der Waals surface area contributed by atoms with Crippen LogP contribution in [-0.4, -0.2) is 55.3 Å². The van der Waals surface area contributed by atoms with Crippen molar-refractivity contribution in [3.8, 4) is 0 Å². The first-order valence-corrected chi connectivity index (χ1v) is 11.1. The molecular weight excluding hydrogens is 420 g/mol. The van der Waals surface area contributed by atoms with E-state index in [0.717, 1.165) is 12.0 Å². The minimum Gasteiger partial charge on any atom is -0.369 e. The van der Waals surface area contributed by atoms with E-state index in [9.17, 15) is 23.2 Å². The lowest BCUT2D eigenvalue weighted by Crippen LogP contribution is -2.51. The third-order valence-electron chi connectivity index (χ3n) is 6.79. The highest BCUT2D eigenvalue weighted by molar-refractivity contribution is 5.92. The number of ketones is 1. The lowest BCUT2D eigenvalue weighted by molar-refractivity contribution is -0.133. The van der Waals surface area contributed by atoms with Gasteiger partial charge in [-0.2, -0.15) is 0 Å². The molecule has 2 saturated heterocycles. The zero-order chi connectivity index (χ0) is 22.8. The number of carbonyl (C=O) groups excluding carboxylic acids is 3. The van der Waals surface area contributed by atoms with Crippen LogP contribution in [0.5, 0.6) is 0 Å². The van der Waals surface area contributed by atoms with Crippen LogP contribution < -0.4 is 16.0 Å². The van der Waals surface area contributed by atoms with Crippen molar-refractivity contribution in [2.45, 2.75) is 56.7 Å². The molecule has 1 spiro atoms. The molecule has 1 aromatic rings. The molecule has 1 aliphatic carbocycles. The van der Waals surface area contributed by atoms with Crippen molar-refractivity contribution in [2.75, 3.05) is 19.7 Å². The smallest absolute Gasteiger partial charge is 0.255 e. The summed E-state index contributed by atoms with van der Waals surface area (Å²) in [6.45, 7) is 0.720. The fraction of sp³-hybridized carbons (Fsp3) is 0.609. The van der Waals surface area contributed by atoms with Gasteiger partial charge in [-0.15, -0.1) is 0 Å². The molecule has 7 nitrogen and oxygen atoms in total. The van der Waals surface area contributed by atoms with Crippen LogP contribution in [0.15, 0.2) is 30.3 Å². The van der Waals surface area contributed by atoms with Gasteiger partial charge in [0, 0.05) is 25.4 Å². The number of halogens is 2. The van der Waals surface area contributed by atoms with Crippen LogP contribution in [0.3, 0.4) is 0 Å². The number of benzene rings is 1. The fourth-order valence-corrected chi connectivity index (χ4v) is 4.67. The number of alkyl halides is 2. The van der Waals surface area contributed by atoms with Crippen LogP contribution >= 0.6 is 0 Å². The number of amides is 2. The SMILES string of the molecule is O=C1NCCC[C@H]1C[C@H](NC(=O)[C@@H]1C[C@@]2(CN1)CC2(F)F)C(=O)COCc1ccccc1. The van der Waals surface area contributed by atoms with Gasteiger partial charge in [-0.3, -0.25) is 14.4 Å². The van der Waals surface area contributed by atoms with E-state index in [-0.39, 0.29) is 56.6 Å². The zero-order valence-corrected chi connectivity index (χ0v) is 17.9. The van der Waals surface area contributed by atoms with E-state index in [4.69, 9.17) is 4.74 Å². The summed E-state index contributed by atoms with van der Waals surface area (Å²) in [5, 5.41) is 8.37. The summed E-state index contributed by atoms with van der Waals surface area (Å²) in [4.78, 5) is 37.9. The first-order chi connectivity index (χ1) is 15.3. The Bertz CT molecular complexity index is 866. The number of rotatable bonds is 9. The Labute approximate surface area is 185 Å². The van der Waals surface area contributed by atoms with Crippen molar-refractivity contribution in [2.24, 2.45) is 11.3 Å². The van der Waals surface area contributed by atoms with E-state index >= 15 is 0 Å². The van der Waals surface area contributed by atoms with Gasteiger partial charge in [0.25, 0.3) is 5.92 Å². The summed E-state index contributed by atoms with van der Waals surface area (Å²) in [7, 11) is 0. The molecule has 4 rings (SSSR count). The number of carbonyl (C=O) groups is 3. The van der Waals surface area contributed by atoms with E-state index in [1.54, 1.807) is 0 Å². The standard InChI is InChI=1S/C23H29F2N3O4/c24-23(25)13-22(23)10-18(27-14-22)21(31)28-17(9-16-7-4-8-26-20(16)30)19(29)12-32-11-15-5-2-1-3-6-15/h1-3,5-6,16-18,27H,4,7-14H2,(H,26,30)(H,28,31)/t16-,17-,18-,22-/m0/s1. The maximum absolute atomic E-state index is 13.7. The molecule has 0 bridgehead atoms. The second-order valence-electron chi connectivity index (χ2n) is 9.17. The maximum atomic E-state index is 13.7. The highest BCUT2D eigenvalue weighted by atomic mass is 19.3. The summed E-state index contributed by atoms with van der Waals surface area (Å²) in [6.07, 6.45) is 1.43. The molecule has 1 saturated carbocycles. The molecule has 4 atom stereocenters. The Morgan fingerprint density at radius 2 is 2.00 bits per heavy atom.